The van der Waals surface area contributed by atoms with Crippen molar-refractivity contribution >= 4 is 0 Å². The summed E-state index contributed by atoms with van der Waals surface area (Å²) in [6.07, 6.45) is 0. The number of hydrogen-bond acceptors (Lipinski definition) is 3. The van der Waals surface area contributed by atoms with Crippen LogP contribution in [0.5, 0.6) is 0 Å². The van der Waals surface area contributed by atoms with Gasteiger partial charge in [0.25, 0.3) is 0 Å². The van der Waals surface area contributed by atoms with Crippen molar-refractivity contribution in [1.29, 1.82) is 0 Å². The molecule has 14 heavy (non-hydrogen) atoms. The van der Waals surface area contributed by atoms with Crippen molar-refractivity contribution in [2.45, 2.75) is 6.04 Å². The van der Waals surface area contributed by atoms with Crippen molar-refractivity contribution in [3.05, 3.63) is 35.6 Å². The molecule has 0 amide bonds. The van der Waals surface area contributed by atoms with Gasteiger partial charge >= 0.3 is 0 Å². The van der Waals surface area contributed by atoms with Crippen LogP contribution in [0.25, 0.3) is 0 Å². The largest absolute Gasteiger partial charge is 0.329 e. The van der Waals surface area contributed by atoms with E-state index in [1.807, 2.05) is 14.1 Å². The van der Waals surface area contributed by atoms with Crippen LogP contribution in [0.4, 0.5) is 4.39 Å². The van der Waals surface area contributed by atoms with Crippen LogP contribution in [-0.2, 0) is 0 Å². The Bertz CT molecular complexity index is 288. The van der Waals surface area contributed by atoms with E-state index in [0.717, 1.165) is 0 Å². The molecule has 3 nitrogen and oxygen atoms in total. The molecule has 1 rings (SSSR count). The molecular weight excluding hydrogens is 181 g/mol. The molecule has 0 aliphatic heterocycles. The molecular formula is C10H16FN3. The predicted molar refractivity (Wildman–Crippen MR) is 55.0 cm³/mol. The number of rotatable bonds is 4. The van der Waals surface area contributed by atoms with Gasteiger partial charge in [0.05, 0.1) is 6.04 Å². The summed E-state index contributed by atoms with van der Waals surface area (Å²) in [6.45, 7) is 0.360. The van der Waals surface area contributed by atoms with Crippen LogP contribution < -0.4 is 11.2 Å². The zero-order valence-corrected chi connectivity index (χ0v) is 8.50. The molecule has 0 heterocycles. The van der Waals surface area contributed by atoms with Gasteiger partial charge in [0, 0.05) is 26.2 Å². The second kappa shape index (κ2) is 5.05. The fourth-order valence-electron chi connectivity index (χ4n) is 1.32. The van der Waals surface area contributed by atoms with Gasteiger partial charge in [-0.3, -0.25) is 0 Å². The van der Waals surface area contributed by atoms with Crippen LogP contribution in [0.3, 0.4) is 0 Å². The third-order valence-electron chi connectivity index (χ3n) is 1.93. The zero-order chi connectivity index (χ0) is 10.6. The van der Waals surface area contributed by atoms with Crippen molar-refractivity contribution in [1.82, 2.24) is 10.4 Å². The molecule has 1 aromatic rings. The minimum atomic E-state index is -0.225. The standard InChI is InChI=1S/C10H16FN3/c1-14(2)13-10(7-12)8-5-3-4-6-9(8)11/h3-6,10,13H,7,12H2,1-2H3. The van der Waals surface area contributed by atoms with Gasteiger partial charge in [0.2, 0.25) is 0 Å². The summed E-state index contributed by atoms with van der Waals surface area (Å²) in [4.78, 5) is 0. The van der Waals surface area contributed by atoms with Gasteiger partial charge in [-0.05, 0) is 6.07 Å². The minimum absolute atomic E-state index is 0.175. The Morgan fingerprint density at radius 1 is 1.43 bits per heavy atom. The molecule has 1 atom stereocenters. The summed E-state index contributed by atoms with van der Waals surface area (Å²) >= 11 is 0. The van der Waals surface area contributed by atoms with Crippen LogP contribution in [0, 0.1) is 5.82 Å². The highest BCUT2D eigenvalue weighted by molar-refractivity contribution is 5.21. The van der Waals surface area contributed by atoms with Gasteiger partial charge in [0.1, 0.15) is 5.82 Å². The highest BCUT2D eigenvalue weighted by Crippen LogP contribution is 2.15. The number of halogens is 1. The lowest BCUT2D eigenvalue weighted by Crippen LogP contribution is -2.38. The SMILES string of the molecule is CN(C)NC(CN)c1ccccc1F. The van der Waals surface area contributed by atoms with E-state index in [1.54, 1.807) is 23.2 Å². The van der Waals surface area contributed by atoms with Gasteiger partial charge in [-0.25, -0.2) is 14.8 Å². The molecule has 0 radical (unpaired) electrons. The molecule has 1 unspecified atom stereocenters. The van der Waals surface area contributed by atoms with Crippen molar-refractivity contribution in [2.24, 2.45) is 5.73 Å². The topological polar surface area (TPSA) is 41.3 Å². The Morgan fingerprint density at radius 3 is 2.57 bits per heavy atom. The Kier molecular flexibility index (Phi) is 4.00. The average Bonchev–Trinajstić information content (AvgIpc) is 2.15. The lowest BCUT2D eigenvalue weighted by Gasteiger charge is -2.22. The Labute approximate surface area is 83.7 Å². The third-order valence-corrected chi connectivity index (χ3v) is 1.93. The van der Waals surface area contributed by atoms with E-state index in [-0.39, 0.29) is 11.9 Å². The Morgan fingerprint density at radius 2 is 2.07 bits per heavy atom. The van der Waals surface area contributed by atoms with Crippen LogP contribution in [0.1, 0.15) is 11.6 Å². The zero-order valence-electron chi connectivity index (χ0n) is 8.50. The lowest BCUT2D eigenvalue weighted by molar-refractivity contribution is 0.242. The number of nitrogens with zero attached hydrogens (tertiary/aromatic N) is 1. The number of benzene rings is 1. The third kappa shape index (κ3) is 2.77. The van der Waals surface area contributed by atoms with E-state index in [2.05, 4.69) is 5.43 Å². The van der Waals surface area contributed by atoms with Crippen LogP contribution in [0.2, 0.25) is 0 Å². The molecule has 0 bridgehead atoms. The Balaban J connectivity index is 2.83. The van der Waals surface area contributed by atoms with E-state index in [1.165, 1.54) is 6.07 Å². The predicted octanol–water partition coefficient (Wildman–Crippen LogP) is 0.892. The summed E-state index contributed by atoms with van der Waals surface area (Å²) in [6, 6.07) is 6.48. The first kappa shape index (κ1) is 11.1. The number of nitrogens with one attached hydrogen (secondary N) is 1. The monoisotopic (exact) mass is 197 g/mol. The van der Waals surface area contributed by atoms with E-state index in [0.29, 0.717) is 12.1 Å². The van der Waals surface area contributed by atoms with Gasteiger partial charge in [-0.1, -0.05) is 18.2 Å². The summed E-state index contributed by atoms with van der Waals surface area (Å²) < 4.78 is 13.4. The number of nitrogens with two attached hydrogens (primary N) is 1. The number of hydrazine groups is 1. The normalized spacial score (nSPS) is 13.2. The van der Waals surface area contributed by atoms with E-state index in [4.69, 9.17) is 5.73 Å². The molecule has 0 aliphatic carbocycles. The molecule has 0 fully saturated rings. The second-order valence-corrected chi connectivity index (χ2v) is 3.33. The van der Waals surface area contributed by atoms with Crippen LogP contribution >= 0.6 is 0 Å². The summed E-state index contributed by atoms with van der Waals surface area (Å²) in [5, 5.41) is 1.77. The van der Waals surface area contributed by atoms with Crippen LogP contribution in [-0.4, -0.2) is 25.6 Å². The molecule has 0 saturated heterocycles. The quantitative estimate of drug-likeness (QED) is 0.704. The summed E-state index contributed by atoms with van der Waals surface area (Å²) in [5.74, 6) is -0.225. The highest BCUT2D eigenvalue weighted by atomic mass is 19.1. The second-order valence-electron chi connectivity index (χ2n) is 3.33. The maximum absolute atomic E-state index is 13.4. The van der Waals surface area contributed by atoms with Gasteiger partial charge in [-0.15, -0.1) is 0 Å². The summed E-state index contributed by atoms with van der Waals surface area (Å²) in [7, 11) is 3.70. The fourth-order valence-corrected chi connectivity index (χ4v) is 1.32. The first-order valence-corrected chi connectivity index (χ1v) is 4.53. The highest BCUT2D eigenvalue weighted by Gasteiger charge is 2.13. The molecule has 0 aromatic heterocycles. The first-order chi connectivity index (χ1) is 6.65. The van der Waals surface area contributed by atoms with Crippen molar-refractivity contribution in [3.63, 3.8) is 0 Å². The average molecular weight is 197 g/mol. The van der Waals surface area contributed by atoms with E-state index >= 15 is 0 Å². The maximum atomic E-state index is 13.4. The van der Waals surface area contributed by atoms with Crippen molar-refractivity contribution < 1.29 is 4.39 Å². The maximum Gasteiger partial charge on any atom is 0.128 e. The molecule has 1 aromatic carbocycles. The molecule has 3 N–H and O–H groups in total. The molecule has 0 aliphatic rings. The van der Waals surface area contributed by atoms with Gasteiger partial charge in [0.15, 0.2) is 0 Å². The van der Waals surface area contributed by atoms with Crippen molar-refractivity contribution in [2.75, 3.05) is 20.6 Å². The van der Waals surface area contributed by atoms with Gasteiger partial charge < -0.3 is 5.73 Å². The summed E-state index contributed by atoms with van der Waals surface area (Å²) in [5.41, 5.74) is 9.22. The molecule has 4 heteroatoms. The van der Waals surface area contributed by atoms with E-state index < -0.39 is 0 Å². The van der Waals surface area contributed by atoms with Crippen LogP contribution in [0.15, 0.2) is 24.3 Å². The van der Waals surface area contributed by atoms with E-state index in [9.17, 15) is 4.39 Å². The molecule has 78 valence electrons. The van der Waals surface area contributed by atoms with Crippen molar-refractivity contribution in [3.8, 4) is 0 Å². The molecule has 0 saturated carbocycles. The minimum Gasteiger partial charge on any atom is -0.329 e. The smallest absolute Gasteiger partial charge is 0.128 e. The Hall–Kier alpha value is -0.970. The number of hydrogen-bond donors (Lipinski definition) is 2. The first-order valence-electron chi connectivity index (χ1n) is 4.53. The van der Waals surface area contributed by atoms with Gasteiger partial charge in [-0.2, -0.15) is 0 Å². The fraction of sp³-hybridized carbons (Fsp3) is 0.400. The molecule has 0 spiro atoms. The lowest BCUT2D eigenvalue weighted by atomic mass is 10.1.